The highest BCUT2D eigenvalue weighted by molar-refractivity contribution is 6.51. The van der Waals surface area contributed by atoms with Crippen molar-refractivity contribution in [3.05, 3.63) is 94.8 Å². The molecule has 3 aromatic carbocycles. The quantitative estimate of drug-likeness (QED) is 0.321. The Morgan fingerprint density at radius 3 is 2.23 bits per heavy atom. The SMILES string of the molecule is COc1ccc(F)cc1/C(O)=C1\C(=O)C(=O)N(c2ccc(F)c(F)c2)C1c1ccc(N(C)C)cc1. The average molecular weight is 482 g/mol. The maximum absolute atomic E-state index is 14.1. The molecule has 1 N–H and O–H groups in total. The highest BCUT2D eigenvalue weighted by Crippen LogP contribution is 2.43. The van der Waals surface area contributed by atoms with Crippen LogP contribution in [0.2, 0.25) is 0 Å². The van der Waals surface area contributed by atoms with E-state index in [2.05, 4.69) is 0 Å². The molecule has 9 heteroatoms. The number of hydrogen-bond acceptors (Lipinski definition) is 5. The minimum Gasteiger partial charge on any atom is -0.507 e. The summed E-state index contributed by atoms with van der Waals surface area (Å²) in [5.41, 5.74) is 0.673. The van der Waals surface area contributed by atoms with Gasteiger partial charge in [-0.2, -0.15) is 0 Å². The van der Waals surface area contributed by atoms with Crippen LogP contribution in [-0.4, -0.2) is 38.0 Å². The molecule has 180 valence electrons. The molecule has 1 amide bonds. The topological polar surface area (TPSA) is 70.1 Å². The number of ketones is 1. The van der Waals surface area contributed by atoms with Crippen molar-refractivity contribution >= 4 is 28.8 Å². The minimum absolute atomic E-state index is 0.0737. The van der Waals surface area contributed by atoms with Crippen molar-refractivity contribution in [3.8, 4) is 5.75 Å². The van der Waals surface area contributed by atoms with E-state index in [1.807, 2.05) is 19.0 Å². The number of benzene rings is 3. The van der Waals surface area contributed by atoms with Crippen LogP contribution in [0.15, 0.2) is 66.2 Å². The summed E-state index contributed by atoms with van der Waals surface area (Å²) >= 11 is 0. The third-order valence-corrected chi connectivity index (χ3v) is 5.77. The third kappa shape index (κ3) is 4.21. The Bertz CT molecular complexity index is 1350. The van der Waals surface area contributed by atoms with Gasteiger partial charge in [0.25, 0.3) is 11.7 Å². The van der Waals surface area contributed by atoms with Crippen molar-refractivity contribution in [2.45, 2.75) is 6.04 Å². The van der Waals surface area contributed by atoms with Crippen LogP contribution >= 0.6 is 0 Å². The predicted octanol–water partition coefficient (Wildman–Crippen LogP) is 4.80. The van der Waals surface area contributed by atoms with E-state index in [1.54, 1.807) is 24.3 Å². The molecule has 1 atom stereocenters. The molecule has 0 saturated carbocycles. The molecule has 4 rings (SSSR count). The van der Waals surface area contributed by atoms with E-state index in [0.29, 0.717) is 5.56 Å². The highest BCUT2D eigenvalue weighted by atomic mass is 19.2. The number of aliphatic hydroxyl groups is 1. The zero-order valence-corrected chi connectivity index (χ0v) is 19.1. The van der Waals surface area contributed by atoms with Gasteiger partial charge in [0.2, 0.25) is 0 Å². The number of carbonyl (C=O) groups is 2. The number of Topliss-reactive ketones (excluding diaryl/α,β-unsaturated/α-hetero) is 1. The Hall–Kier alpha value is -4.27. The summed E-state index contributed by atoms with van der Waals surface area (Å²) in [5, 5.41) is 11.2. The molecule has 1 aliphatic rings. The second-order valence-electron chi connectivity index (χ2n) is 8.10. The summed E-state index contributed by atoms with van der Waals surface area (Å²) in [7, 11) is 4.97. The highest BCUT2D eigenvalue weighted by Gasteiger charge is 2.47. The number of methoxy groups -OCH3 is 1. The molecule has 35 heavy (non-hydrogen) atoms. The lowest BCUT2D eigenvalue weighted by atomic mass is 9.94. The van der Waals surface area contributed by atoms with E-state index in [9.17, 15) is 27.9 Å². The van der Waals surface area contributed by atoms with Crippen molar-refractivity contribution in [2.24, 2.45) is 0 Å². The van der Waals surface area contributed by atoms with Crippen LogP contribution in [-0.2, 0) is 9.59 Å². The summed E-state index contributed by atoms with van der Waals surface area (Å²) < 4.78 is 46.9. The molecule has 0 radical (unpaired) electrons. The number of carbonyl (C=O) groups excluding carboxylic acids is 2. The maximum Gasteiger partial charge on any atom is 0.300 e. The van der Waals surface area contributed by atoms with Crippen LogP contribution in [0.1, 0.15) is 17.2 Å². The third-order valence-electron chi connectivity index (χ3n) is 5.77. The van der Waals surface area contributed by atoms with Gasteiger partial charge in [0.1, 0.15) is 17.3 Å². The van der Waals surface area contributed by atoms with Gasteiger partial charge in [-0.15, -0.1) is 0 Å². The van der Waals surface area contributed by atoms with Crippen molar-refractivity contribution in [1.82, 2.24) is 0 Å². The second-order valence-corrected chi connectivity index (χ2v) is 8.10. The lowest BCUT2D eigenvalue weighted by molar-refractivity contribution is -0.132. The van der Waals surface area contributed by atoms with Crippen LogP contribution in [0.3, 0.4) is 0 Å². The normalized spacial score (nSPS) is 17.1. The molecular weight excluding hydrogens is 461 g/mol. The summed E-state index contributed by atoms with van der Waals surface area (Å²) in [6.07, 6.45) is 0. The van der Waals surface area contributed by atoms with Gasteiger partial charge >= 0.3 is 0 Å². The lowest BCUT2D eigenvalue weighted by Crippen LogP contribution is -2.29. The average Bonchev–Trinajstić information content (AvgIpc) is 3.10. The van der Waals surface area contributed by atoms with E-state index >= 15 is 0 Å². The van der Waals surface area contributed by atoms with Gasteiger partial charge in [-0.3, -0.25) is 14.5 Å². The number of aliphatic hydroxyl groups excluding tert-OH is 1. The van der Waals surface area contributed by atoms with Crippen molar-refractivity contribution in [2.75, 3.05) is 31.0 Å². The molecule has 1 saturated heterocycles. The van der Waals surface area contributed by atoms with E-state index < -0.39 is 40.9 Å². The Labute approximate surface area is 199 Å². The maximum atomic E-state index is 14.1. The molecule has 0 aromatic heterocycles. The number of ether oxygens (including phenoxy) is 1. The van der Waals surface area contributed by atoms with E-state index in [4.69, 9.17) is 4.74 Å². The van der Waals surface area contributed by atoms with Crippen LogP contribution in [0.4, 0.5) is 24.5 Å². The van der Waals surface area contributed by atoms with Gasteiger partial charge in [-0.1, -0.05) is 12.1 Å². The van der Waals surface area contributed by atoms with Crippen LogP contribution in [0.5, 0.6) is 5.75 Å². The molecule has 1 unspecified atom stereocenters. The number of amides is 1. The van der Waals surface area contributed by atoms with Crippen molar-refractivity contribution in [1.29, 1.82) is 0 Å². The lowest BCUT2D eigenvalue weighted by Gasteiger charge is -2.26. The Morgan fingerprint density at radius 2 is 1.63 bits per heavy atom. The minimum atomic E-state index is -1.21. The molecule has 3 aromatic rings. The van der Waals surface area contributed by atoms with Gasteiger partial charge in [0, 0.05) is 31.5 Å². The standard InChI is InChI=1S/C26H21F3N2O4/c1-30(2)16-7-4-14(5-8-16)23-22(24(32)18-12-15(27)6-11-21(18)35-3)25(33)26(34)31(23)17-9-10-19(28)20(29)13-17/h4-13,23,32H,1-3H3/b24-22+. The van der Waals surface area contributed by atoms with Gasteiger partial charge in [-0.05, 0) is 48.0 Å². The molecule has 0 bridgehead atoms. The van der Waals surface area contributed by atoms with E-state index in [-0.39, 0.29) is 22.6 Å². The zero-order chi connectivity index (χ0) is 25.4. The molecule has 0 spiro atoms. The van der Waals surface area contributed by atoms with Crippen LogP contribution < -0.4 is 14.5 Å². The molecule has 1 fully saturated rings. The first-order valence-corrected chi connectivity index (χ1v) is 10.5. The number of rotatable bonds is 5. The van der Waals surface area contributed by atoms with E-state index in [0.717, 1.165) is 40.9 Å². The smallest absolute Gasteiger partial charge is 0.300 e. The molecule has 1 heterocycles. The number of nitrogens with zero attached hydrogens (tertiary/aromatic N) is 2. The monoisotopic (exact) mass is 482 g/mol. The van der Waals surface area contributed by atoms with Crippen LogP contribution in [0, 0.1) is 17.5 Å². The second kappa shape index (κ2) is 9.17. The first-order valence-electron chi connectivity index (χ1n) is 10.5. The summed E-state index contributed by atoms with van der Waals surface area (Å²) in [5.74, 6) is -5.75. The predicted molar refractivity (Wildman–Crippen MR) is 125 cm³/mol. The fourth-order valence-electron chi connectivity index (χ4n) is 4.01. The van der Waals surface area contributed by atoms with Gasteiger partial charge in [0.05, 0.1) is 24.3 Å². The number of anilines is 2. The number of hydrogen-bond donors (Lipinski definition) is 1. The summed E-state index contributed by atoms with van der Waals surface area (Å²) in [6.45, 7) is 0. The van der Waals surface area contributed by atoms with Gasteiger partial charge in [0.15, 0.2) is 11.6 Å². The Morgan fingerprint density at radius 1 is 0.943 bits per heavy atom. The number of halogens is 3. The Kier molecular flexibility index (Phi) is 6.26. The zero-order valence-electron chi connectivity index (χ0n) is 19.1. The fourth-order valence-corrected chi connectivity index (χ4v) is 4.01. The van der Waals surface area contributed by atoms with Crippen molar-refractivity contribution in [3.63, 3.8) is 0 Å². The Balaban J connectivity index is 1.98. The van der Waals surface area contributed by atoms with Crippen molar-refractivity contribution < 1.29 is 32.6 Å². The molecule has 0 aliphatic carbocycles. The van der Waals surface area contributed by atoms with Crippen LogP contribution in [0.25, 0.3) is 5.76 Å². The first-order chi connectivity index (χ1) is 16.6. The molecule has 6 nitrogen and oxygen atoms in total. The summed E-state index contributed by atoms with van der Waals surface area (Å²) in [6, 6.07) is 11.7. The van der Waals surface area contributed by atoms with Gasteiger partial charge in [-0.25, -0.2) is 13.2 Å². The molecule has 1 aliphatic heterocycles. The summed E-state index contributed by atoms with van der Waals surface area (Å²) in [4.78, 5) is 29.1. The molecular formula is C26H21F3N2O4. The fraction of sp³-hybridized carbons (Fsp3) is 0.154. The largest absolute Gasteiger partial charge is 0.507 e. The first kappa shape index (κ1) is 23.9. The van der Waals surface area contributed by atoms with E-state index in [1.165, 1.54) is 13.2 Å². The van der Waals surface area contributed by atoms with Gasteiger partial charge < -0.3 is 14.7 Å².